The van der Waals surface area contributed by atoms with E-state index in [1.807, 2.05) is 0 Å². The zero-order valence-electron chi connectivity index (χ0n) is 19.2. The Kier molecular flexibility index (Phi) is 7.51. The lowest BCUT2D eigenvalue weighted by molar-refractivity contribution is -0.188. The number of amides is 2. The van der Waals surface area contributed by atoms with Crippen LogP contribution in [0.4, 0.5) is 5.13 Å². The molecule has 2 amide bonds. The van der Waals surface area contributed by atoms with Crippen molar-refractivity contribution in [3.8, 4) is 0 Å². The zero-order chi connectivity index (χ0) is 25.2. The Morgan fingerprint density at radius 1 is 1.32 bits per heavy atom. The Hall–Kier alpha value is -3.13. The van der Waals surface area contributed by atoms with Gasteiger partial charge in [0.1, 0.15) is 24.2 Å². The topological polar surface area (TPSA) is 163 Å². The van der Waals surface area contributed by atoms with Crippen molar-refractivity contribution in [3.05, 3.63) is 22.8 Å². The first-order valence-corrected chi connectivity index (χ1v) is 12.0. The second-order valence-electron chi connectivity index (χ2n) is 8.37. The molecule has 3 rings (SSSR count). The minimum atomic E-state index is -1.08. The number of hydrogen-bond acceptors (Lipinski definition) is 12. The van der Waals surface area contributed by atoms with E-state index in [0.717, 1.165) is 11.3 Å². The number of nitrogen functional groups attached to an aromatic ring is 1. The van der Waals surface area contributed by atoms with Crippen LogP contribution in [0.5, 0.6) is 0 Å². The molecule has 14 heteroatoms. The first-order valence-electron chi connectivity index (χ1n) is 10.1. The largest absolute Gasteiger partial charge is 0.425 e. The molecule has 2 aliphatic heterocycles. The average Bonchev–Trinajstić information content (AvgIpc) is 3.19. The molecule has 1 saturated heterocycles. The molecule has 12 nitrogen and oxygen atoms in total. The standard InChI is InChI=1S/C20H25N5O7S2/c1-9(32-18(29)20(2,3)4)31-17(28)10-6-25-15(27)13(16(25)33-7-10)23-14(26)12(24-30-5)11-8-34-19(21)22-11/h6,8-9,13,16H,7H2,1-5H3,(H2,21,22)(H,23,26)/t9?,13?,16-/m1/s1. The first-order chi connectivity index (χ1) is 15.9. The van der Waals surface area contributed by atoms with E-state index < -0.39 is 46.9 Å². The van der Waals surface area contributed by atoms with Crippen molar-refractivity contribution in [2.24, 2.45) is 10.6 Å². The Labute approximate surface area is 203 Å². The Bertz CT molecular complexity index is 1060. The lowest BCUT2D eigenvalue weighted by atomic mass is 9.97. The van der Waals surface area contributed by atoms with Crippen LogP contribution in [0, 0.1) is 5.41 Å². The van der Waals surface area contributed by atoms with E-state index >= 15 is 0 Å². The number of ether oxygens (including phenoxy) is 2. The number of nitrogens with two attached hydrogens (primary N) is 1. The van der Waals surface area contributed by atoms with Gasteiger partial charge in [-0.25, -0.2) is 9.78 Å². The molecule has 1 aromatic rings. The SMILES string of the molecule is CON=C(C(=O)NC1C(=O)N2C=C(C(=O)OC(C)OC(=O)C(C)(C)C)CS[C@H]12)c1csc(N)n1. The summed E-state index contributed by atoms with van der Waals surface area (Å²) in [5.41, 5.74) is 5.23. The van der Waals surface area contributed by atoms with Gasteiger partial charge in [-0.1, -0.05) is 5.16 Å². The van der Waals surface area contributed by atoms with E-state index in [9.17, 15) is 19.2 Å². The molecule has 3 atom stereocenters. The highest BCUT2D eigenvalue weighted by atomic mass is 32.2. The number of anilines is 1. The molecular formula is C20H25N5O7S2. The van der Waals surface area contributed by atoms with Gasteiger partial charge in [0.15, 0.2) is 10.8 Å². The summed E-state index contributed by atoms with van der Waals surface area (Å²) in [5.74, 6) is -2.02. The number of thiazole rings is 1. The molecule has 3 heterocycles. The van der Waals surface area contributed by atoms with Crippen molar-refractivity contribution < 1.29 is 33.5 Å². The van der Waals surface area contributed by atoms with Crippen LogP contribution in [-0.4, -0.2) is 69.9 Å². The van der Waals surface area contributed by atoms with Gasteiger partial charge in [-0.15, -0.1) is 23.1 Å². The van der Waals surface area contributed by atoms with Crippen LogP contribution in [0.3, 0.4) is 0 Å². The van der Waals surface area contributed by atoms with E-state index in [0.29, 0.717) is 0 Å². The van der Waals surface area contributed by atoms with Crippen LogP contribution < -0.4 is 11.1 Å². The number of hydrogen-bond donors (Lipinski definition) is 2. The number of nitrogens with one attached hydrogen (secondary N) is 1. The van der Waals surface area contributed by atoms with Crippen LogP contribution >= 0.6 is 23.1 Å². The summed E-state index contributed by atoms with van der Waals surface area (Å²) in [5, 5.41) is 7.73. The number of esters is 2. The van der Waals surface area contributed by atoms with Gasteiger partial charge < -0.3 is 30.3 Å². The Morgan fingerprint density at radius 3 is 2.62 bits per heavy atom. The second-order valence-corrected chi connectivity index (χ2v) is 10.4. The van der Waals surface area contributed by atoms with E-state index in [1.165, 1.54) is 36.9 Å². The quantitative estimate of drug-likeness (QED) is 0.176. The molecule has 2 aliphatic rings. The first kappa shape index (κ1) is 25.5. The number of thioether (sulfide) groups is 1. The van der Waals surface area contributed by atoms with Crippen LogP contribution in [0.25, 0.3) is 0 Å². The fourth-order valence-electron chi connectivity index (χ4n) is 2.90. The van der Waals surface area contributed by atoms with Gasteiger partial charge in [0.25, 0.3) is 11.8 Å². The Morgan fingerprint density at radius 2 is 2.03 bits per heavy atom. The number of carbonyl (C=O) groups excluding carboxylic acids is 4. The molecule has 34 heavy (non-hydrogen) atoms. The summed E-state index contributed by atoms with van der Waals surface area (Å²) in [4.78, 5) is 59.8. The Balaban J connectivity index is 1.60. The van der Waals surface area contributed by atoms with Crippen molar-refractivity contribution in [3.63, 3.8) is 0 Å². The smallest absolute Gasteiger partial charge is 0.339 e. The predicted octanol–water partition coefficient (Wildman–Crippen LogP) is 0.838. The molecule has 2 unspecified atom stereocenters. The summed E-state index contributed by atoms with van der Waals surface area (Å²) < 4.78 is 10.3. The number of β-lactam (4-membered cyclic amide) rings is 1. The highest BCUT2D eigenvalue weighted by molar-refractivity contribution is 8.00. The molecule has 0 aliphatic carbocycles. The minimum Gasteiger partial charge on any atom is -0.425 e. The number of rotatable bonds is 7. The highest BCUT2D eigenvalue weighted by Gasteiger charge is 2.50. The third-order valence-corrected chi connectivity index (χ3v) is 6.65. The van der Waals surface area contributed by atoms with Crippen molar-refractivity contribution >= 4 is 57.7 Å². The summed E-state index contributed by atoms with van der Waals surface area (Å²) >= 11 is 2.42. The second kappa shape index (κ2) is 10.0. The van der Waals surface area contributed by atoms with Gasteiger partial charge in [0, 0.05) is 24.3 Å². The summed E-state index contributed by atoms with van der Waals surface area (Å²) in [7, 11) is 1.28. The maximum atomic E-state index is 12.7. The van der Waals surface area contributed by atoms with Gasteiger partial charge in [-0.2, -0.15) is 0 Å². The number of aromatic nitrogens is 1. The number of nitrogens with zero attached hydrogens (tertiary/aromatic N) is 3. The van der Waals surface area contributed by atoms with Gasteiger partial charge >= 0.3 is 11.9 Å². The minimum absolute atomic E-state index is 0.110. The lowest BCUT2D eigenvalue weighted by Crippen LogP contribution is -2.69. The van der Waals surface area contributed by atoms with Gasteiger partial charge in [0.05, 0.1) is 11.0 Å². The molecule has 184 valence electrons. The zero-order valence-corrected chi connectivity index (χ0v) is 20.8. The van der Waals surface area contributed by atoms with Crippen LogP contribution in [0.2, 0.25) is 0 Å². The number of fused-ring (bicyclic) bond motifs is 1. The molecule has 3 N–H and O–H groups in total. The third kappa shape index (κ3) is 5.50. The van der Waals surface area contributed by atoms with Crippen molar-refractivity contribution in [1.29, 1.82) is 0 Å². The van der Waals surface area contributed by atoms with Crippen molar-refractivity contribution in [2.45, 2.75) is 45.4 Å². The molecule has 0 aromatic carbocycles. The van der Waals surface area contributed by atoms with Crippen molar-refractivity contribution in [1.82, 2.24) is 15.2 Å². The lowest BCUT2D eigenvalue weighted by Gasteiger charge is -2.47. The monoisotopic (exact) mass is 511 g/mol. The molecule has 0 saturated carbocycles. The molecular weight excluding hydrogens is 486 g/mol. The average molecular weight is 512 g/mol. The third-order valence-electron chi connectivity index (χ3n) is 4.65. The number of oxime groups is 1. The van der Waals surface area contributed by atoms with Gasteiger partial charge in [-0.3, -0.25) is 14.4 Å². The van der Waals surface area contributed by atoms with E-state index in [4.69, 9.17) is 20.0 Å². The summed E-state index contributed by atoms with van der Waals surface area (Å²) in [6, 6.07) is -0.823. The molecule has 1 aromatic heterocycles. The molecule has 1 fully saturated rings. The van der Waals surface area contributed by atoms with Crippen LogP contribution in [0.1, 0.15) is 33.4 Å². The normalized spacial score (nSPS) is 21.0. The van der Waals surface area contributed by atoms with Gasteiger partial charge in [-0.05, 0) is 20.8 Å². The fraction of sp³-hybridized carbons (Fsp3) is 0.500. The molecule has 0 spiro atoms. The van der Waals surface area contributed by atoms with E-state index in [-0.39, 0.29) is 27.9 Å². The molecule has 0 bridgehead atoms. The van der Waals surface area contributed by atoms with Crippen LogP contribution in [0.15, 0.2) is 22.3 Å². The molecule has 0 radical (unpaired) electrons. The van der Waals surface area contributed by atoms with E-state index in [1.54, 1.807) is 26.2 Å². The van der Waals surface area contributed by atoms with Crippen LogP contribution in [-0.2, 0) is 33.5 Å². The van der Waals surface area contributed by atoms with Gasteiger partial charge in [0.2, 0.25) is 6.29 Å². The highest BCUT2D eigenvalue weighted by Crippen LogP contribution is 2.36. The summed E-state index contributed by atoms with van der Waals surface area (Å²) in [6.07, 6.45) is 0.304. The predicted molar refractivity (Wildman–Crippen MR) is 124 cm³/mol. The maximum absolute atomic E-state index is 12.7. The number of carbonyl (C=O) groups is 4. The maximum Gasteiger partial charge on any atom is 0.339 e. The fourth-order valence-corrected chi connectivity index (χ4v) is 4.70. The summed E-state index contributed by atoms with van der Waals surface area (Å²) in [6.45, 7) is 6.50. The van der Waals surface area contributed by atoms with Crippen molar-refractivity contribution in [2.75, 3.05) is 18.6 Å². The van der Waals surface area contributed by atoms with E-state index in [2.05, 4.69) is 15.5 Å².